The number of amides is 2. The first kappa shape index (κ1) is 17.7. The fourth-order valence-corrected chi connectivity index (χ4v) is 3.03. The molecule has 2 aliphatic rings. The Kier molecular flexibility index (Phi) is 5.27. The Hall–Kier alpha value is -2.08. The first-order valence-corrected chi connectivity index (χ1v) is 8.98. The molecule has 1 saturated heterocycles. The number of anilines is 1. The van der Waals surface area contributed by atoms with Gasteiger partial charge in [0, 0.05) is 13.2 Å². The van der Waals surface area contributed by atoms with Crippen molar-refractivity contribution in [2.45, 2.75) is 51.7 Å². The minimum Gasteiger partial charge on any atom is -0.489 e. The highest BCUT2D eigenvalue weighted by Crippen LogP contribution is 2.47. The standard InChI is InChI=1S/C19H26N2O4/c1-13(2)25-16-8-4-3-7-15(16)21-18(23)19(9-10-19)17(22)20-12-14-6-5-11-24-14/h3-4,7-8,13-14H,5-6,9-12H2,1-2H3,(H,20,22)(H,21,23). The normalized spacial score (nSPS) is 21.0. The zero-order chi connectivity index (χ0) is 17.9. The first-order valence-electron chi connectivity index (χ1n) is 8.98. The zero-order valence-electron chi connectivity index (χ0n) is 14.8. The van der Waals surface area contributed by atoms with E-state index in [0.717, 1.165) is 19.4 Å². The van der Waals surface area contributed by atoms with Crippen LogP contribution in [0.4, 0.5) is 5.69 Å². The molecule has 2 fully saturated rings. The second-order valence-corrected chi connectivity index (χ2v) is 7.04. The molecular weight excluding hydrogens is 320 g/mol. The van der Waals surface area contributed by atoms with Crippen LogP contribution in [0.5, 0.6) is 5.75 Å². The molecule has 1 atom stereocenters. The lowest BCUT2D eigenvalue weighted by atomic mass is 10.0. The molecule has 1 aliphatic heterocycles. The van der Waals surface area contributed by atoms with E-state index in [1.54, 1.807) is 6.07 Å². The van der Waals surface area contributed by atoms with Gasteiger partial charge in [-0.1, -0.05) is 12.1 Å². The van der Waals surface area contributed by atoms with E-state index >= 15 is 0 Å². The van der Waals surface area contributed by atoms with E-state index in [1.807, 2.05) is 32.0 Å². The van der Waals surface area contributed by atoms with Crippen LogP contribution >= 0.6 is 0 Å². The van der Waals surface area contributed by atoms with Gasteiger partial charge in [0.25, 0.3) is 0 Å². The predicted octanol–water partition coefficient (Wildman–Crippen LogP) is 2.49. The molecule has 6 heteroatoms. The quantitative estimate of drug-likeness (QED) is 0.744. The molecule has 1 heterocycles. The van der Waals surface area contributed by atoms with Gasteiger partial charge in [-0.25, -0.2) is 0 Å². The Labute approximate surface area is 148 Å². The highest BCUT2D eigenvalue weighted by molar-refractivity contribution is 6.13. The fraction of sp³-hybridized carbons (Fsp3) is 0.579. The summed E-state index contributed by atoms with van der Waals surface area (Å²) in [4.78, 5) is 25.2. The van der Waals surface area contributed by atoms with Crippen molar-refractivity contribution in [2.24, 2.45) is 5.41 Å². The number of hydrogen-bond donors (Lipinski definition) is 2. The highest BCUT2D eigenvalue weighted by Gasteiger charge is 2.56. The molecule has 2 amide bonds. The molecule has 0 aromatic heterocycles. The van der Waals surface area contributed by atoms with Gasteiger partial charge in [0.05, 0.1) is 17.9 Å². The van der Waals surface area contributed by atoms with Crippen LogP contribution in [0.25, 0.3) is 0 Å². The Balaban J connectivity index is 1.61. The van der Waals surface area contributed by atoms with Gasteiger partial charge in [-0.2, -0.15) is 0 Å². The van der Waals surface area contributed by atoms with Crippen molar-refractivity contribution in [1.82, 2.24) is 5.32 Å². The second kappa shape index (κ2) is 7.44. The van der Waals surface area contributed by atoms with E-state index < -0.39 is 5.41 Å². The van der Waals surface area contributed by atoms with E-state index in [2.05, 4.69) is 10.6 Å². The highest BCUT2D eigenvalue weighted by atomic mass is 16.5. The number of para-hydroxylation sites is 2. The van der Waals surface area contributed by atoms with Gasteiger partial charge in [-0.15, -0.1) is 0 Å². The number of benzene rings is 1. The summed E-state index contributed by atoms with van der Waals surface area (Å²) in [7, 11) is 0. The summed E-state index contributed by atoms with van der Waals surface area (Å²) < 4.78 is 11.2. The van der Waals surface area contributed by atoms with Crippen LogP contribution in [-0.2, 0) is 14.3 Å². The molecule has 0 bridgehead atoms. The first-order chi connectivity index (χ1) is 12.0. The molecular formula is C19H26N2O4. The van der Waals surface area contributed by atoms with Crippen LogP contribution in [0, 0.1) is 5.41 Å². The molecule has 1 aromatic rings. The number of rotatable bonds is 7. The molecule has 0 radical (unpaired) electrons. The monoisotopic (exact) mass is 346 g/mol. The number of carbonyl (C=O) groups is 2. The molecule has 6 nitrogen and oxygen atoms in total. The van der Waals surface area contributed by atoms with Crippen LogP contribution < -0.4 is 15.4 Å². The number of carbonyl (C=O) groups excluding carboxylic acids is 2. The van der Waals surface area contributed by atoms with Crippen LogP contribution in [0.1, 0.15) is 39.5 Å². The average molecular weight is 346 g/mol. The topological polar surface area (TPSA) is 76.7 Å². The number of ether oxygens (including phenoxy) is 2. The van der Waals surface area contributed by atoms with Gasteiger partial charge in [0.2, 0.25) is 11.8 Å². The van der Waals surface area contributed by atoms with E-state index in [0.29, 0.717) is 30.8 Å². The van der Waals surface area contributed by atoms with Crippen molar-refractivity contribution < 1.29 is 19.1 Å². The number of nitrogens with one attached hydrogen (secondary N) is 2. The van der Waals surface area contributed by atoms with Crippen molar-refractivity contribution in [3.8, 4) is 5.75 Å². The van der Waals surface area contributed by atoms with Crippen molar-refractivity contribution in [3.63, 3.8) is 0 Å². The smallest absolute Gasteiger partial charge is 0.240 e. The van der Waals surface area contributed by atoms with Crippen LogP contribution in [0.15, 0.2) is 24.3 Å². The van der Waals surface area contributed by atoms with Crippen molar-refractivity contribution in [3.05, 3.63) is 24.3 Å². The molecule has 1 saturated carbocycles. The van der Waals surface area contributed by atoms with Crippen molar-refractivity contribution >= 4 is 17.5 Å². The molecule has 1 aliphatic carbocycles. The molecule has 136 valence electrons. The second-order valence-electron chi connectivity index (χ2n) is 7.04. The number of hydrogen-bond acceptors (Lipinski definition) is 4. The molecule has 1 aromatic carbocycles. The Morgan fingerprint density at radius 3 is 2.68 bits per heavy atom. The largest absolute Gasteiger partial charge is 0.489 e. The van der Waals surface area contributed by atoms with E-state index in [1.165, 1.54) is 0 Å². The van der Waals surface area contributed by atoms with Crippen LogP contribution in [0.2, 0.25) is 0 Å². The molecule has 3 rings (SSSR count). The summed E-state index contributed by atoms with van der Waals surface area (Å²) in [5.41, 5.74) is -0.358. The van der Waals surface area contributed by atoms with Gasteiger partial charge >= 0.3 is 0 Å². The van der Waals surface area contributed by atoms with Crippen LogP contribution in [0.3, 0.4) is 0 Å². The summed E-state index contributed by atoms with van der Waals surface area (Å²) in [6.45, 7) is 5.08. The lowest BCUT2D eigenvalue weighted by Crippen LogP contribution is -2.42. The molecule has 2 N–H and O–H groups in total. The third-order valence-corrected chi connectivity index (χ3v) is 4.63. The van der Waals surface area contributed by atoms with Gasteiger partial charge in [-0.05, 0) is 51.7 Å². The Morgan fingerprint density at radius 2 is 2.04 bits per heavy atom. The average Bonchev–Trinajstić information content (AvgIpc) is 3.23. The summed E-state index contributed by atoms with van der Waals surface area (Å²) in [6, 6.07) is 7.29. The Morgan fingerprint density at radius 1 is 1.28 bits per heavy atom. The lowest BCUT2D eigenvalue weighted by Gasteiger charge is -2.19. The summed E-state index contributed by atoms with van der Waals surface area (Å²) in [6.07, 6.45) is 3.20. The maximum atomic E-state index is 12.7. The van der Waals surface area contributed by atoms with Gasteiger partial charge in [0.15, 0.2) is 0 Å². The van der Waals surface area contributed by atoms with E-state index in [-0.39, 0.29) is 24.0 Å². The van der Waals surface area contributed by atoms with E-state index in [9.17, 15) is 9.59 Å². The SMILES string of the molecule is CC(C)Oc1ccccc1NC(=O)C1(C(=O)NCC2CCCO2)CC1. The lowest BCUT2D eigenvalue weighted by molar-refractivity contribution is -0.134. The minimum atomic E-state index is -0.955. The third-order valence-electron chi connectivity index (χ3n) is 4.63. The molecule has 1 unspecified atom stereocenters. The summed E-state index contributed by atoms with van der Waals surface area (Å²) >= 11 is 0. The predicted molar refractivity (Wildman–Crippen MR) is 94.5 cm³/mol. The zero-order valence-corrected chi connectivity index (χ0v) is 14.8. The van der Waals surface area contributed by atoms with Crippen LogP contribution in [-0.4, -0.2) is 37.2 Å². The maximum Gasteiger partial charge on any atom is 0.240 e. The maximum absolute atomic E-state index is 12.7. The minimum absolute atomic E-state index is 0.00245. The molecule has 25 heavy (non-hydrogen) atoms. The van der Waals surface area contributed by atoms with Gasteiger partial charge < -0.3 is 20.1 Å². The van der Waals surface area contributed by atoms with E-state index in [4.69, 9.17) is 9.47 Å². The third kappa shape index (κ3) is 4.12. The van der Waals surface area contributed by atoms with Crippen molar-refractivity contribution in [1.29, 1.82) is 0 Å². The van der Waals surface area contributed by atoms with Gasteiger partial charge in [-0.3, -0.25) is 9.59 Å². The summed E-state index contributed by atoms with van der Waals surface area (Å²) in [5.74, 6) is 0.140. The Bertz CT molecular complexity index is 634. The molecule has 0 spiro atoms. The van der Waals surface area contributed by atoms with Crippen molar-refractivity contribution in [2.75, 3.05) is 18.5 Å². The van der Waals surface area contributed by atoms with Gasteiger partial charge in [0.1, 0.15) is 11.2 Å². The fourth-order valence-electron chi connectivity index (χ4n) is 3.03. The summed E-state index contributed by atoms with van der Waals surface area (Å²) in [5, 5.41) is 5.76.